The Kier molecular flexibility index (Phi) is 4.22. The maximum absolute atomic E-state index is 12.4. The van der Waals surface area contributed by atoms with E-state index >= 15 is 0 Å². The van der Waals surface area contributed by atoms with Gasteiger partial charge < -0.3 is 0 Å². The second-order valence-corrected chi connectivity index (χ2v) is 7.76. The lowest BCUT2D eigenvalue weighted by atomic mass is 10.8. The first-order valence-electron chi connectivity index (χ1n) is 5.05. The van der Waals surface area contributed by atoms with Crippen molar-refractivity contribution in [2.75, 3.05) is 25.6 Å². The quantitative estimate of drug-likeness (QED) is 0.844. The predicted octanol–water partition coefficient (Wildman–Crippen LogP) is 2.03. The molecular formula is C9H12ClN3O2S3. The lowest BCUT2D eigenvalue weighted by molar-refractivity contribution is 0.484. The van der Waals surface area contributed by atoms with Crippen LogP contribution >= 0.6 is 34.7 Å². The van der Waals surface area contributed by atoms with Crippen LogP contribution in [0.4, 0.5) is 0 Å². The van der Waals surface area contributed by atoms with Gasteiger partial charge >= 0.3 is 0 Å². The minimum Gasteiger partial charge on any atom is -0.279 e. The third-order valence-electron chi connectivity index (χ3n) is 2.44. The molecule has 0 radical (unpaired) electrons. The number of aromatic nitrogens is 2. The van der Waals surface area contributed by atoms with E-state index in [0.29, 0.717) is 11.5 Å². The minimum absolute atomic E-state index is 0.0258. The van der Waals surface area contributed by atoms with E-state index < -0.39 is 10.0 Å². The number of thiazole rings is 1. The van der Waals surface area contributed by atoms with Crippen LogP contribution in [0.25, 0.3) is 4.96 Å². The molecule has 100 valence electrons. The molecule has 5 nitrogen and oxygen atoms in total. The molecule has 0 aliphatic rings. The number of fused-ring (bicyclic) bond motifs is 1. The zero-order chi connectivity index (χ0) is 13.3. The fraction of sp³-hybridized carbons (Fsp3) is 0.444. The van der Waals surface area contributed by atoms with Crippen LogP contribution in [0, 0.1) is 0 Å². The second-order valence-electron chi connectivity index (χ2n) is 3.58. The van der Waals surface area contributed by atoms with Gasteiger partial charge in [0.1, 0.15) is 0 Å². The molecule has 0 unspecified atom stereocenters. The van der Waals surface area contributed by atoms with Gasteiger partial charge in [0, 0.05) is 30.9 Å². The summed E-state index contributed by atoms with van der Waals surface area (Å²) in [6, 6.07) is 0. The van der Waals surface area contributed by atoms with Crippen LogP contribution in [-0.4, -0.2) is 47.7 Å². The first-order chi connectivity index (χ1) is 8.48. The third kappa shape index (κ3) is 2.39. The molecule has 9 heteroatoms. The Balaban J connectivity index is 2.46. The van der Waals surface area contributed by atoms with E-state index in [-0.39, 0.29) is 10.2 Å². The van der Waals surface area contributed by atoms with E-state index in [1.807, 2.05) is 6.26 Å². The standard InChI is InChI=1S/C9H12ClN3O2S3/c1-12(3-5-16-2)18(14,15)8-7(10)11-9-13(8)4-6-17-9/h4,6H,3,5H2,1-2H3. The van der Waals surface area contributed by atoms with Gasteiger partial charge in [0.05, 0.1) is 0 Å². The number of hydrogen-bond acceptors (Lipinski definition) is 5. The second kappa shape index (κ2) is 5.38. The Labute approximate surface area is 119 Å². The summed E-state index contributed by atoms with van der Waals surface area (Å²) in [4.78, 5) is 4.62. The van der Waals surface area contributed by atoms with Gasteiger partial charge in [-0.05, 0) is 6.26 Å². The molecule has 18 heavy (non-hydrogen) atoms. The van der Waals surface area contributed by atoms with Crippen LogP contribution < -0.4 is 0 Å². The fourth-order valence-corrected chi connectivity index (χ4v) is 4.60. The molecular weight excluding hydrogens is 314 g/mol. The van der Waals surface area contributed by atoms with Gasteiger partial charge in [0.15, 0.2) is 15.1 Å². The highest BCUT2D eigenvalue weighted by Crippen LogP contribution is 2.27. The molecule has 0 spiro atoms. The first-order valence-corrected chi connectivity index (χ1v) is 9.14. The van der Waals surface area contributed by atoms with Crippen molar-refractivity contribution in [1.29, 1.82) is 0 Å². The van der Waals surface area contributed by atoms with E-state index in [0.717, 1.165) is 5.75 Å². The van der Waals surface area contributed by atoms with Crippen molar-refractivity contribution in [1.82, 2.24) is 13.7 Å². The zero-order valence-electron chi connectivity index (χ0n) is 9.83. The minimum atomic E-state index is -3.60. The summed E-state index contributed by atoms with van der Waals surface area (Å²) >= 11 is 8.88. The number of hydrogen-bond donors (Lipinski definition) is 0. The number of imidazole rings is 1. The predicted molar refractivity (Wildman–Crippen MR) is 76.3 cm³/mol. The molecule has 0 fully saturated rings. The molecule has 0 saturated carbocycles. The molecule has 0 aromatic carbocycles. The van der Waals surface area contributed by atoms with Crippen LogP contribution in [0.1, 0.15) is 0 Å². The molecule has 2 aromatic heterocycles. The SMILES string of the molecule is CSCCN(C)S(=O)(=O)c1c(Cl)nc2sccn12. The van der Waals surface area contributed by atoms with Gasteiger partial charge in [-0.3, -0.25) is 4.40 Å². The Hall–Kier alpha value is -0.280. The summed E-state index contributed by atoms with van der Waals surface area (Å²) in [5.74, 6) is 0.735. The van der Waals surface area contributed by atoms with Crippen LogP contribution in [0.2, 0.25) is 5.15 Å². The number of rotatable bonds is 5. The Morgan fingerprint density at radius 1 is 1.61 bits per heavy atom. The summed E-state index contributed by atoms with van der Waals surface area (Å²) in [5.41, 5.74) is 0. The summed E-state index contributed by atoms with van der Waals surface area (Å²) in [5, 5.41) is 1.85. The molecule has 0 aliphatic heterocycles. The number of thioether (sulfide) groups is 1. The number of nitrogens with zero attached hydrogens (tertiary/aromatic N) is 3. The normalized spacial score (nSPS) is 12.7. The lowest BCUT2D eigenvalue weighted by Crippen LogP contribution is -2.30. The van der Waals surface area contributed by atoms with Crippen molar-refractivity contribution < 1.29 is 8.42 Å². The largest absolute Gasteiger partial charge is 0.279 e. The first kappa shape index (κ1) is 14.1. The van der Waals surface area contributed by atoms with Gasteiger partial charge in [0.25, 0.3) is 10.0 Å². The monoisotopic (exact) mass is 325 g/mol. The molecule has 2 rings (SSSR count). The van der Waals surface area contributed by atoms with Crippen molar-refractivity contribution in [3.8, 4) is 0 Å². The van der Waals surface area contributed by atoms with Gasteiger partial charge in [-0.1, -0.05) is 11.6 Å². The van der Waals surface area contributed by atoms with E-state index in [4.69, 9.17) is 11.6 Å². The Bertz CT molecular complexity index is 649. The van der Waals surface area contributed by atoms with Crippen LogP contribution in [0.15, 0.2) is 16.6 Å². The summed E-state index contributed by atoms with van der Waals surface area (Å²) in [6.07, 6.45) is 3.59. The van der Waals surface area contributed by atoms with E-state index in [1.54, 1.807) is 30.4 Å². The number of sulfonamides is 1. The summed E-state index contributed by atoms with van der Waals surface area (Å²) in [6.45, 7) is 0.442. The smallest absolute Gasteiger partial charge is 0.262 e. The maximum atomic E-state index is 12.4. The molecule has 0 saturated heterocycles. The fourth-order valence-electron chi connectivity index (χ4n) is 1.46. The van der Waals surface area contributed by atoms with E-state index in [2.05, 4.69) is 4.98 Å². The highest BCUT2D eigenvalue weighted by molar-refractivity contribution is 7.98. The molecule has 2 heterocycles. The molecule has 2 aromatic rings. The van der Waals surface area contributed by atoms with Crippen LogP contribution in [0.5, 0.6) is 0 Å². The summed E-state index contributed by atoms with van der Waals surface area (Å²) in [7, 11) is -2.05. The van der Waals surface area contributed by atoms with Crippen molar-refractivity contribution in [2.45, 2.75) is 5.03 Å². The Morgan fingerprint density at radius 2 is 2.33 bits per heavy atom. The van der Waals surface area contributed by atoms with Gasteiger partial charge in [-0.25, -0.2) is 13.4 Å². The molecule has 0 atom stereocenters. The maximum Gasteiger partial charge on any atom is 0.262 e. The van der Waals surface area contributed by atoms with Crippen molar-refractivity contribution in [3.63, 3.8) is 0 Å². The lowest BCUT2D eigenvalue weighted by Gasteiger charge is -2.15. The average Bonchev–Trinajstić information content (AvgIpc) is 2.84. The molecule has 0 N–H and O–H groups in total. The molecule has 0 bridgehead atoms. The Morgan fingerprint density at radius 3 is 3.00 bits per heavy atom. The average molecular weight is 326 g/mol. The van der Waals surface area contributed by atoms with E-state index in [9.17, 15) is 8.42 Å². The van der Waals surface area contributed by atoms with Crippen molar-refractivity contribution in [2.24, 2.45) is 0 Å². The highest BCUT2D eigenvalue weighted by Gasteiger charge is 2.28. The van der Waals surface area contributed by atoms with Crippen LogP contribution in [0.3, 0.4) is 0 Å². The topological polar surface area (TPSA) is 54.7 Å². The summed E-state index contributed by atoms with van der Waals surface area (Å²) < 4.78 is 27.6. The van der Waals surface area contributed by atoms with Crippen LogP contribution in [-0.2, 0) is 10.0 Å². The zero-order valence-corrected chi connectivity index (χ0v) is 13.0. The third-order valence-corrected chi connectivity index (χ3v) is 6.05. The van der Waals surface area contributed by atoms with Gasteiger partial charge in [0.2, 0.25) is 0 Å². The van der Waals surface area contributed by atoms with Gasteiger partial charge in [-0.2, -0.15) is 16.1 Å². The number of halogens is 1. The van der Waals surface area contributed by atoms with Crippen molar-refractivity contribution >= 4 is 49.7 Å². The van der Waals surface area contributed by atoms with Crippen molar-refractivity contribution in [3.05, 3.63) is 16.7 Å². The van der Waals surface area contributed by atoms with E-state index in [1.165, 1.54) is 20.0 Å². The van der Waals surface area contributed by atoms with Gasteiger partial charge in [-0.15, -0.1) is 11.3 Å². The molecule has 0 aliphatic carbocycles. The highest BCUT2D eigenvalue weighted by atomic mass is 35.5. The molecule has 0 amide bonds.